The number of rotatable bonds is 6. The summed E-state index contributed by atoms with van der Waals surface area (Å²) in [6, 6.07) is 6.62. The predicted octanol–water partition coefficient (Wildman–Crippen LogP) is 2.84. The molecule has 0 aliphatic carbocycles. The molecule has 19 heavy (non-hydrogen) atoms. The van der Waals surface area contributed by atoms with E-state index in [-0.39, 0.29) is 5.82 Å². The molecule has 0 aliphatic heterocycles. The maximum Gasteiger partial charge on any atom is 0.193 e. The Bertz CT molecular complexity index is 390. The highest BCUT2D eigenvalue weighted by atomic mass is 32.2. The maximum absolute atomic E-state index is 12.7. The summed E-state index contributed by atoms with van der Waals surface area (Å²) >= 11 is 1.73. The maximum atomic E-state index is 12.7. The first-order chi connectivity index (χ1) is 9.13. The molecule has 1 N–H and O–H groups in total. The van der Waals surface area contributed by atoms with Crippen LogP contribution in [0.2, 0.25) is 0 Å². The number of thioether (sulfide) groups is 1. The van der Waals surface area contributed by atoms with Gasteiger partial charge in [-0.2, -0.15) is 0 Å². The minimum absolute atomic E-state index is 0.185. The topological polar surface area (TPSA) is 27.6 Å². The van der Waals surface area contributed by atoms with E-state index in [1.54, 1.807) is 11.8 Å². The van der Waals surface area contributed by atoms with Gasteiger partial charge in [0, 0.05) is 32.1 Å². The second kappa shape index (κ2) is 8.80. The highest BCUT2D eigenvalue weighted by Gasteiger charge is 1.99. The molecule has 0 unspecified atom stereocenters. The van der Waals surface area contributed by atoms with E-state index < -0.39 is 0 Å². The molecule has 0 saturated carbocycles. The zero-order valence-electron chi connectivity index (χ0n) is 11.8. The van der Waals surface area contributed by atoms with Crippen molar-refractivity contribution in [2.24, 2.45) is 4.99 Å². The Morgan fingerprint density at radius 2 is 2.00 bits per heavy atom. The Hall–Kier alpha value is -1.23. The Morgan fingerprint density at radius 1 is 1.32 bits per heavy atom. The average molecular weight is 283 g/mol. The van der Waals surface area contributed by atoms with Gasteiger partial charge in [0.05, 0.1) is 0 Å². The van der Waals surface area contributed by atoms with Crippen molar-refractivity contribution in [1.82, 2.24) is 10.2 Å². The van der Waals surface area contributed by atoms with Crippen LogP contribution >= 0.6 is 11.8 Å². The number of halogens is 1. The lowest BCUT2D eigenvalue weighted by Crippen LogP contribution is -2.36. The van der Waals surface area contributed by atoms with Crippen LogP contribution in [0, 0.1) is 5.82 Å². The molecule has 0 spiro atoms. The van der Waals surface area contributed by atoms with Crippen molar-refractivity contribution in [2.75, 3.05) is 32.9 Å². The number of nitrogens with one attached hydrogen (secondary N) is 1. The third-order valence-corrected chi connectivity index (χ3v) is 3.50. The highest BCUT2D eigenvalue weighted by Crippen LogP contribution is 2.18. The van der Waals surface area contributed by atoms with Crippen molar-refractivity contribution in [3.05, 3.63) is 30.1 Å². The standard InChI is InChI=1S/C14H22FN3S/c1-4-16-14(18(2)3)17-10-5-11-19-13-8-6-12(15)7-9-13/h6-9H,4-5,10-11H2,1-3H3,(H,16,17). The van der Waals surface area contributed by atoms with Crippen LogP contribution in [0.25, 0.3) is 0 Å². The van der Waals surface area contributed by atoms with Crippen LogP contribution in [-0.4, -0.2) is 43.8 Å². The van der Waals surface area contributed by atoms with Gasteiger partial charge in [0.25, 0.3) is 0 Å². The van der Waals surface area contributed by atoms with Gasteiger partial charge >= 0.3 is 0 Å². The smallest absolute Gasteiger partial charge is 0.193 e. The molecule has 0 radical (unpaired) electrons. The molecule has 0 saturated heterocycles. The average Bonchev–Trinajstić information content (AvgIpc) is 2.39. The molecule has 0 aromatic heterocycles. The van der Waals surface area contributed by atoms with Crippen LogP contribution in [0.15, 0.2) is 34.2 Å². The number of guanidine groups is 1. The third kappa shape index (κ3) is 6.47. The molecule has 0 heterocycles. The first kappa shape index (κ1) is 15.8. The Balaban J connectivity index is 2.26. The molecule has 0 amide bonds. The van der Waals surface area contributed by atoms with Crippen LogP contribution in [0.3, 0.4) is 0 Å². The molecule has 0 bridgehead atoms. The summed E-state index contributed by atoms with van der Waals surface area (Å²) in [7, 11) is 3.96. The van der Waals surface area contributed by atoms with Gasteiger partial charge in [-0.25, -0.2) is 4.39 Å². The summed E-state index contributed by atoms with van der Waals surface area (Å²) in [5.74, 6) is 1.73. The molecule has 106 valence electrons. The van der Waals surface area contributed by atoms with Gasteiger partial charge in [0.1, 0.15) is 5.82 Å². The number of benzene rings is 1. The number of nitrogens with zero attached hydrogens (tertiary/aromatic N) is 2. The Labute approximate surface area is 119 Å². The van der Waals surface area contributed by atoms with E-state index in [1.165, 1.54) is 12.1 Å². The SMILES string of the molecule is CCNC(=NCCCSc1ccc(F)cc1)N(C)C. The van der Waals surface area contributed by atoms with Gasteiger partial charge in [0.15, 0.2) is 5.96 Å². The molecule has 3 nitrogen and oxygen atoms in total. The minimum atomic E-state index is -0.185. The minimum Gasteiger partial charge on any atom is -0.357 e. The van der Waals surface area contributed by atoms with Gasteiger partial charge in [-0.05, 0) is 43.4 Å². The monoisotopic (exact) mass is 283 g/mol. The summed E-state index contributed by atoms with van der Waals surface area (Å²) < 4.78 is 12.7. The third-order valence-electron chi connectivity index (χ3n) is 2.40. The predicted molar refractivity (Wildman–Crippen MR) is 81.4 cm³/mol. The first-order valence-corrected chi connectivity index (χ1v) is 7.46. The van der Waals surface area contributed by atoms with E-state index in [2.05, 4.69) is 17.2 Å². The van der Waals surface area contributed by atoms with Crippen molar-refractivity contribution in [2.45, 2.75) is 18.2 Å². The van der Waals surface area contributed by atoms with Crippen LogP contribution in [0.1, 0.15) is 13.3 Å². The molecule has 1 rings (SSSR count). The Kier molecular flexibility index (Phi) is 7.33. The first-order valence-electron chi connectivity index (χ1n) is 6.47. The van der Waals surface area contributed by atoms with Crippen molar-refractivity contribution in [3.63, 3.8) is 0 Å². The molecular weight excluding hydrogens is 261 g/mol. The molecule has 0 fully saturated rings. The van der Waals surface area contributed by atoms with Crippen molar-refractivity contribution >= 4 is 17.7 Å². The zero-order chi connectivity index (χ0) is 14.1. The summed E-state index contributed by atoms with van der Waals surface area (Å²) in [6.07, 6.45) is 1.00. The largest absolute Gasteiger partial charge is 0.357 e. The van der Waals surface area contributed by atoms with Crippen LogP contribution in [0.4, 0.5) is 4.39 Å². The van der Waals surface area contributed by atoms with Crippen LogP contribution < -0.4 is 5.32 Å². The lowest BCUT2D eigenvalue weighted by atomic mass is 10.4. The van der Waals surface area contributed by atoms with Crippen LogP contribution in [-0.2, 0) is 0 Å². The van der Waals surface area contributed by atoms with E-state index in [4.69, 9.17) is 0 Å². The quantitative estimate of drug-likeness (QED) is 0.376. The van der Waals surface area contributed by atoms with Crippen molar-refractivity contribution < 1.29 is 4.39 Å². The normalized spacial score (nSPS) is 11.5. The van der Waals surface area contributed by atoms with E-state index >= 15 is 0 Å². The van der Waals surface area contributed by atoms with Gasteiger partial charge in [-0.15, -0.1) is 11.8 Å². The lowest BCUT2D eigenvalue weighted by molar-refractivity contribution is 0.583. The van der Waals surface area contributed by atoms with Crippen molar-refractivity contribution in [3.8, 4) is 0 Å². The number of hydrogen-bond donors (Lipinski definition) is 1. The fourth-order valence-electron chi connectivity index (χ4n) is 1.48. The summed E-state index contributed by atoms with van der Waals surface area (Å²) in [6.45, 7) is 3.74. The summed E-state index contributed by atoms with van der Waals surface area (Å²) in [5, 5.41) is 3.22. The second-order valence-electron chi connectivity index (χ2n) is 4.29. The zero-order valence-corrected chi connectivity index (χ0v) is 12.6. The summed E-state index contributed by atoms with van der Waals surface area (Å²) in [4.78, 5) is 7.60. The molecular formula is C14H22FN3S. The molecule has 1 aromatic rings. The van der Waals surface area contributed by atoms with Gasteiger partial charge in [-0.1, -0.05) is 0 Å². The second-order valence-corrected chi connectivity index (χ2v) is 5.45. The van der Waals surface area contributed by atoms with Crippen molar-refractivity contribution in [1.29, 1.82) is 0 Å². The lowest BCUT2D eigenvalue weighted by Gasteiger charge is -2.16. The highest BCUT2D eigenvalue weighted by molar-refractivity contribution is 7.99. The summed E-state index contributed by atoms with van der Waals surface area (Å²) in [5.41, 5.74) is 0. The fraction of sp³-hybridized carbons (Fsp3) is 0.500. The van der Waals surface area contributed by atoms with Crippen LogP contribution in [0.5, 0.6) is 0 Å². The van der Waals surface area contributed by atoms with E-state index in [0.717, 1.165) is 36.1 Å². The van der Waals surface area contributed by atoms with Gasteiger partial charge < -0.3 is 10.2 Å². The number of hydrogen-bond acceptors (Lipinski definition) is 2. The molecule has 0 atom stereocenters. The van der Waals surface area contributed by atoms with E-state index in [1.807, 2.05) is 31.1 Å². The van der Waals surface area contributed by atoms with E-state index in [9.17, 15) is 4.39 Å². The number of aliphatic imine (C=N–C) groups is 1. The van der Waals surface area contributed by atoms with Gasteiger partial charge in [0.2, 0.25) is 0 Å². The van der Waals surface area contributed by atoms with Gasteiger partial charge in [-0.3, -0.25) is 4.99 Å². The Morgan fingerprint density at radius 3 is 2.58 bits per heavy atom. The molecule has 1 aromatic carbocycles. The molecule has 5 heteroatoms. The fourth-order valence-corrected chi connectivity index (χ4v) is 2.32. The van der Waals surface area contributed by atoms with E-state index in [0.29, 0.717) is 0 Å². The molecule has 0 aliphatic rings.